The maximum atomic E-state index is 11.4. The van der Waals surface area contributed by atoms with Gasteiger partial charge in [-0.1, -0.05) is 13.3 Å². The van der Waals surface area contributed by atoms with Crippen molar-refractivity contribution in [3.63, 3.8) is 0 Å². The van der Waals surface area contributed by atoms with E-state index < -0.39 is 0 Å². The molecular formula is C15H22O3. The second kappa shape index (κ2) is 6.43. The minimum Gasteiger partial charge on any atom is -0.488 e. The van der Waals surface area contributed by atoms with Gasteiger partial charge in [-0.25, -0.2) is 0 Å². The maximum absolute atomic E-state index is 11.4. The number of carbonyl (C=O) groups is 1. The Kier molecular flexibility index (Phi) is 5.20. The standard InChI is InChI=1S/C15H22O3/c1-5-6-7-14(16)17-12-8-10-13(11-9-12)18-15(2,3)4/h8-11H,5-7H2,1-4H3. The summed E-state index contributed by atoms with van der Waals surface area (Å²) in [6.45, 7) is 8.02. The highest BCUT2D eigenvalue weighted by atomic mass is 16.5. The third-order valence-corrected chi connectivity index (χ3v) is 2.21. The third-order valence-electron chi connectivity index (χ3n) is 2.21. The van der Waals surface area contributed by atoms with Crippen LogP contribution in [0.3, 0.4) is 0 Å². The van der Waals surface area contributed by atoms with Gasteiger partial charge in [0, 0.05) is 6.42 Å². The molecule has 0 atom stereocenters. The van der Waals surface area contributed by atoms with Crippen molar-refractivity contribution in [1.29, 1.82) is 0 Å². The quantitative estimate of drug-likeness (QED) is 0.586. The van der Waals surface area contributed by atoms with Gasteiger partial charge in [-0.2, -0.15) is 0 Å². The number of carbonyl (C=O) groups excluding carboxylic acids is 1. The summed E-state index contributed by atoms with van der Waals surface area (Å²) >= 11 is 0. The monoisotopic (exact) mass is 250 g/mol. The van der Waals surface area contributed by atoms with Crippen molar-refractivity contribution in [2.45, 2.75) is 52.6 Å². The van der Waals surface area contributed by atoms with E-state index in [0.29, 0.717) is 12.2 Å². The lowest BCUT2D eigenvalue weighted by molar-refractivity contribution is -0.134. The average molecular weight is 250 g/mol. The summed E-state index contributed by atoms with van der Waals surface area (Å²) < 4.78 is 10.9. The molecule has 0 amide bonds. The van der Waals surface area contributed by atoms with E-state index in [1.807, 2.05) is 39.8 Å². The van der Waals surface area contributed by atoms with Crippen molar-refractivity contribution in [1.82, 2.24) is 0 Å². The van der Waals surface area contributed by atoms with Crippen molar-refractivity contribution in [3.8, 4) is 11.5 Å². The predicted octanol–water partition coefficient (Wildman–Crippen LogP) is 3.96. The molecule has 0 aliphatic carbocycles. The number of rotatable bonds is 5. The van der Waals surface area contributed by atoms with Crippen molar-refractivity contribution in [2.75, 3.05) is 0 Å². The lowest BCUT2D eigenvalue weighted by Gasteiger charge is -2.21. The van der Waals surface area contributed by atoms with E-state index in [0.717, 1.165) is 18.6 Å². The fourth-order valence-electron chi connectivity index (χ4n) is 1.43. The van der Waals surface area contributed by atoms with Crippen LogP contribution in [0.1, 0.15) is 47.0 Å². The van der Waals surface area contributed by atoms with E-state index in [1.165, 1.54) is 0 Å². The van der Waals surface area contributed by atoms with Crippen LogP contribution in [0.5, 0.6) is 11.5 Å². The zero-order chi connectivity index (χ0) is 13.6. The second-order valence-corrected chi connectivity index (χ2v) is 5.26. The maximum Gasteiger partial charge on any atom is 0.311 e. The first-order valence-electron chi connectivity index (χ1n) is 6.40. The SMILES string of the molecule is CCCCC(=O)Oc1ccc(OC(C)(C)C)cc1. The number of ether oxygens (including phenoxy) is 2. The van der Waals surface area contributed by atoms with Crippen LogP contribution in [0.15, 0.2) is 24.3 Å². The van der Waals surface area contributed by atoms with Crippen LogP contribution in [-0.4, -0.2) is 11.6 Å². The first kappa shape index (κ1) is 14.6. The molecule has 18 heavy (non-hydrogen) atoms. The summed E-state index contributed by atoms with van der Waals surface area (Å²) in [5.74, 6) is 1.16. The molecule has 0 aliphatic heterocycles. The van der Waals surface area contributed by atoms with Gasteiger partial charge < -0.3 is 9.47 Å². The highest BCUT2D eigenvalue weighted by molar-refractivity contribution is 5.72. The molecule has 0 fully saturated rings. The first-order valence-corrected chi connectivity index (χ1v) is 6.40. The van der Waals surface area contributed by atoms with Gasteiger partial charge in [-0.3, -0.25) is 4.79 Å². The van der Waals surface area contributed by atoms with E-state index in [1.54, 1.807) is 12.1 Å². The average Bonchev–Trinajstić information content (AvgIpc) is 2.27. The molecule has 0 aromatic heterocycles. The van der Waals surface area contributed by atoms with E-state index in [9.17, 15) is 4.79 Å². The van der Waals surface area contributed by atoms with Gasteiger partial charge in [0.2, 0.25) is 0 Å². The summed E-state index contributed by atoms with van der Waals surface area (Å²) in [6, 6.07) is 7.14. The highest BCUT2D eigenvalue weighted by Crippen LogP contribution is 2.21. The predicted molar refractivity (Wildman–Crippen MR) is 72.0 cm³/mol. The Morgan fingerprint density at radius 3 is 2.17 bits per heavy atom. The molecule has 0 aliphatic rings. The molecule has 0 heterocycles. The zero-order valence-electron chi connectivity index (χ0n) is 11.7. The van der Waals surface area contributed by atoms with Crippen molar-refractivity contribution >= 4 is 5.97 Å². The van der Waals surface area contributed by atoms with Gasteiger partial charge in [0.25, 0.3) is 0 Å². The summed E-state index contributed by atoms with van der Waals surface area (Å²) in [7, 11) is 0. The lowest BCUT2D eigenvalue weighted by atomic mass is 10.2. The molecule has 0 unspecified atom stereocenters. The van der Waals surface area contributed by atoms with Gasteiger partial charge in [0.05, 0.1) is 0 Å². The summed E-state index contributed by atoms with van der Waals surface area (Å²) in [6.07, 6.45) is 2.33. The number of esters is 1. The van der Waals surface area contributed by atoms with Crippen molar-refractivity contribution in [2.24, 2.45) is 0 Å². The Morgan fingerprint density at radius 2 is 1.67 bits per heavy atom. The van der Waals surface area contributed by atoms with Gasteiger partial charge >= 0.3 is 5.97 Å². The highest BCUT2D eigenvalue weighted by Gasteiger charge is 2.11. The smallest absolute Gasteiger partial charge is 0.311 e. The number of benzene rings is 1. The van der Waals surface area contributed by atoms with E-state index in [4.69, 9.17) is 9.47 Å². The summed E-state index contributed by atoms with van der Waals surface area (Å²) in [5.41, 5.74) is -0.223. The molecule has 3 heteroatoms. The molecule has 1 aromatic carbocycles. The minimum absolute atomic E-state index is 0.179. The number of unbranched alkanes of at least 4 members (excludes halogenated alkanes) is 1. The fraction of sp³-hybridized carbons (Fsp3) is 0.533. The Bertz CT molecular complexity index is 374. The molecule has 100 valence electrons. The van der Waals surface area contributed by atoms with E-state index in [2.05, 4.69) is 0 Å². The molecular weight excluding hydrogens is 228 g/mol. The molecule has 0 saturated heterocycles. The van der Waals surface area contributed by atoms with Crippen LogP contribution < -0.4 is 9.47 Å². The minimum atomic E-state index is -0.223. The number of hydrogen-bond acceptors (Lipinski definition) is 3. The first-order chi connectivity index (χ1) is 8.40. The Labute approximate surface area is 109 Å². The van der Waals surface area contributed by atoms with Crippen LogP contribution in [0.2, 0.25) is 0 Å². The topological polar surface area (TPSA) is 35.5 Å². The fourth-order valence-corrected chi connectivity index (χ4v) is 1.43. The van der Waals surface area contributed by atoms with Crippen LogP contribution in [-0.2, 0) is 4.79 Å². The van der Waals surface area contributed by atoms with Gasteiger partial charge in [-0.15, -0.1) is 0 Å². The van der Waals surface area contributed by atoms with Crippen LogP contribution in [0, 0.1) is 0 Å². The van der Waals surface area contributed by atoms with Crippen molar-refractivity contribution < 1.29 is 14.3 Å². The van der Waals surface area contributed by atoms with Crippen LogP contribution >= 0.6 is 0 Å². The van der Waals surface area contributed by atoms with Crippen molar-refractivity contribution in [3.05, 3.63) is 24.3 Å². The zero-order valence-corrected chi connectivity index (χ0v) is 11.7. The normalized spacial score (nSPS) is 11.1. The molecule has 1 aromatic rings. The molecule has 0 N–H and O–H groups in total. The Balaban J connectivity index is 2.52. The van der Waals surface area contributed by atoms with Gasteiger partial charge in [0.15, 0.2) is 0 Å². The van der Waals surface area contributed by atoms with E-state index in [-0.39, 0.29) is 11.6 Å². The molecule has 0 bridgehead atoms. The lowest BCUT2D eigenvalue weighted by Crippen LogP contribution is -2.22. The number of hydrogen-bond donors (Lipinski definition) is 0. The van der Waals surface area contributed by atoms with Crippen LogP contribution in [0.4, 0.5) is 0 Å². The Morgan fingerprint density at radius 1 is 1.11 bits per heavy atom. The summed E-state index contributed by atoms with van der Waals surface area (Å²) in [5, 5.41) is 0. The van der Waals surface area contributed by atoms with Gasteiger partial charge in [0.1, 0.15) is 17.1 Å². The van der Waals surface area contributed by atoms with Gasteiger partial charge in [-0.05, 0) is 51.5 Å². The molecule has 0 spiro atoms. The molecule has 0 saturated carbocycles. The molecule has 1 rings (SSSR count). The third kappa shape index (κ3) is 5.71. The largest absolute Gasteiger partial charge is 0.488 e. The van der Waals surface area contributed by atoms with Crippen LogP contribution in [0.25, 0.3) is 0 Å². The molecule has 3 nitrogen and oxygen atoms in total. The molecule has 0 radical (unpaired) electrons. The Hall–Kier alpha value is -1.51. The summed E-state index contributed by atoms with van der Waals surface area (Å²) in [4.78, 5) is 11.4. The second-order valence-electron chi connectivity index (χ2n) is 5.26. The van der Waals surface area contributed by atoms with E-state index >= 15 is 0 Å².